The number of rotatable bonds is 0. The summed E-state index contributed by atoms with van der Waals surface area (Å²) < 4.78 is 0. The van der Waals surface area contributed by atoms with Crippen LogP contribution in [0.3, 0.4) is 0 Å². The third-order valence-corrected chi connectivity index (χ3v) is 0.681. The molecule has 0 atom stereocenters. The minimum Gasteiger partial charge on any atom is -0.329 e. The molecule has 1 rings (SSSR count). The van der Waals surface area contributed by atoms with Crippen molar-refractivity contribution in [2.24, 2.45) is 0 Å². The van der Waals surface area contributed by atoms with E-state index in [-0.39, 0.29) is 36.1 Å². The first-order valence-corrected chi connectivity index (χ1v) is 2.03. The molecule has 4 heteroatoms. The summed E-state index contributed by atoms with van der Waals surface area (Å²) in [6.07, 6.45) is 1.60. The smallest absolute Gasteiger partial charge is 0.247 e. The van der Waals surface area contributed by atoms with Crippen molar-refractivity contribution in [1.29, 1.82) is 0 Å². The van der Waals surface area contributed by atoms with Gasteiger partial charge in [-0.3, -0.25) is 4.79 Å². The van der Waals surface area contributed by atoms with E-state index in [9.17, 15) is 4.79 Å². The molecule has 0 saturated heterocycles. The maximum absolute atomic E-state index is 10.2. The van der Waals surface area contributed by atoms with Crippen LogP contribution in [0.1, 0.15) is 0 Å². The predicted molar refractivity (Wildman–Crippen MR) is 37.4 cm³/mol. The largest absolute Gasteiger partial charge is 0.329 e. The van der Waals surface area contributed by atoms with Gasteiger partial charge in [0.05, 0.1) is 0 Å². The summed E-state index contributed by atoms with van der Waals surface area (Å²) >= 11 is 0. The number of aromatic amines is 1. The second kappa shape index (κ2) is 5.95. The average Bonchev–Trinajstić information content (AvgIpc) is 1.69. The van der Waals surface area contributed by atoms with Gasteiger partial charge < -0.3 is 4.98 Å². The van der Waals surface area contributed by atoms with Crippen LogP contribution in [0.15, 0.2) is 29.2 Å². The van der Waals surface area contributed by atoms with Crippen LogP contribution >= 0.6 is 13.5 Å². The molecule has 1 radical (unpaired) electrons. The molecule has 55 valence electrons. The van der Waals surface area contributed by atoms with Crippen LogP contribution in [0, 0.1) is 0 Å². The second-order valence-electron chi connectivity index (χ2n) is 1.23. The zero-order chi connectivity index (χ0) is 5.11. The van der Waals surface area contributed by atoms with Crippen molar-refractivity contribution in [3.63, 3.8) is 0 Å². The molecular formula is C5H7CuNOS. The first kappa shape index (κ1) is 11.6. The molecule has 0 bridgehead atoms. The molecular weight excluding hydrogens is 186 g/mol. The van der Waals surface area contributed by atoms with E-state index in [0.717, 1.165) is 0 Å². The summed E-state index contributed by atoms with van der Waals surface area (Å²) in [5.74, 6) is 0. The maximum atomic E-state index is 10.2. The van der Waals surface area contributed by atoms with Gasteiger partial charge in [-0.2, -0.15) is 13.5 Å². The molecule has 0 aliphatic carbocycles. The van der Waals surface area contributed by atoms with Crippen molar-refractivity contribution < 1.29 is 17.1 Å². The topological polar surface area (TPSA) is 32.9 Å². The Balaban J connectivity index is 0. The van der Waals surface area contributed by atoms with E-state index in [1.165, 1.54) is 6.07 Å². The van der Waals surface area contributed by atoms with Crippen LogP contribution < -0.4 is 5.56 Å². The van der Waals surface area contributed by atoms with Crippen LogP contribution in [0.25, 0.3) is 0 Å². The third kappa shape index (κ3) is 4.33. The minimum atomic E-state index is -0.0532. The van der Waals surface area contributed by atoms with Crippen LogP contribution in [-0.4, -0.2) is 4.98 Å². The first-order valence-electron chi connectivity index (χ1n) is 2.03. The van der Waals surface area contributed by atoms with Crippen LogP contribution in [0.4, 0.5) is 0 Å². The van der Waals surface area contributed by atoms with Crippen molar-refractivity contribution >= 4 is 13.5 Å². The molecule has 0 aromatic carbocycles. The Labute approximate surface area is 70.6 Å². The Bertz CT molecular complexity index is 183. The van der Waals surface area contributed by atoms with E-state index < -0.39 is 0 Å². The van der Waals surface area contributed by atoms with Gasteiger partial charge >= 0.3 is 0 Å². The van der Waals surface area contributed by atoms with Crippen LogP contribution in [0.2, 0.25) is 0 Å². The molecule has 0 unspecified atom stereocenters. The van der Waals surface area contributed by atoms with Crippen LogP contribution in [0.5, 0.6) is 0 Å². The van der Waals surface area contributed by atoms with Gasteiger partial charge in [-0.15, -0.1) is 0 Å². The maximum Gasteiger partial charge on any atom is 0.247 e. The zero-order valence-corrected chi connectivity index (χ0v) is 6.46. The molecule has 0 saturated carbocycles. The summed E-state index contributed by atoms with van der Waals surface area (Å²) in [5.41, 5.74) is -0.0532. The van der Waals surface area contributed by atoms with Gasteiger partial charge in [-0.05, 0) is 6.07 Å². The normalized spacial score (nSPS) is 6.67. The van der Waals surface area contributed by atoms with Gasteiger partial charge in [0.15, 0.2) is 0 Å². The second-order valence-corrected chi connectivity index (χ2v) is 1.23. The van der Waals surface area contributed by atoms with Crippen molar-refractivity contribution in [3.8, 4) is 0 Å². The average molecular weight is 193 g/mol. The monoisotopic (exact) mass is 192 g/mol. The number of pyridine rings is 1. The molecule has 1 N–H and O–H groups in total. The standard InChI is InChI=1S/C5H5NO.Cu.H2S/c7-5-3-1-2-4-6-5;;/h1-4H,(H,6,7);;1H2. The van der Waals surface area contributed by atoms with Crippen molar-refractivity contribution in [2.75, 3.05) is 0 Å². The van der Waals surface area contributed by atoms with E-state index in [4.69, 9.17) is 0 Å². The molecule has 2 nitrogen and oxygen atoms in total. The minimum absolute atomic E-state index is 0. The Morgan fingerprint density at radius 3 is 2.22 bits per heavy atom. The molecule has 0 aliphatic heterocycles. The number of hydrogen-bond acceptors (Lipinski definition) is 1. The van der Waals surface area contributed by atoms with E-state index in [1.54, 1.807) is 18.3 Å². The number of hydrogen-bond donors (Lipinski definition) is 1. The van der Waals surface area contributed by atoms with Crippen molar-refractivity contribution in [3.05, 3.63) is 34.7 Å². The third-order valence-electron chi connectivity index (χ3n) is 0.681. The van der Waals surface area contributed by atoms with Crippen molar-refractivity contribution in [2.45, 2.75) is 0 Å². The molecule has 1 heterocycles. The fraction of sp³-hybridized carbons (Fsp3) is 0. The summed E-state index contributed by atoms with van der Waals surface area (Å²) in [5, 5.41) is 0. The summed E-state index contributed by atoms with van der Waals surface area (Å²) in [7, 11) is 0. The predicted octanol–water partition coefficient (Wildman–Crippen LogP) is 0.485. The molecule has 1 aromatic heterocycles. The van der Waals surface area contributed by atoms with Gasteiger partial charge in [-0.25, -0.2) is 0 Å². The van der Waals surface area contributed by atoms with E-state index in [2.05, 4.69) is 4.98 Å². The summed E-state index contributed by atoms with van der Waals surface area (Å²) in [6.45, 7) is 0. The van der Waals surface area contributed by atoms with E-state index in [0.29, 0.717) is 0 Å². The quantitative estimate of drug-likeness (QED) is 0.597. The van der Waals surface area contributed by atoms with Gasteiger partial charge in [0, 0.05) is 29.3 Å². The number of nitrogens with one attached hydrogen (secondary N) is 1. The molecule has 1 aromatic rings. The van der Waals surface area contributed by atoms with Crippen molar-refractivity contribution in [1.82, 2.24) is 4.98 Å². The van der Waals surface area contributed by atoms with Gasteiger partial charge in [0.25, 0.3) is 0 Å². The zero-order valence-electron chi connectivity index (χ0n) is 4.52. The Morgan fingerprint density at radius 1 is 1.33 bits per heavy atom. The summed E-state index contributed by atoms with van der Waals surface area (Å²) in [4.78, 5) is 12.7. The Kier molecular flexibility index (Phi) is 7.66. The first-order chi connectivity index (χ1) is 3.39. The Morgan fingerprint density at radius 2 is 2.00 bits per heavy atom. The molecule has 0 amide bonds. The fourth-order valence-corrected chi connectivity index (χ4v) is 0.377. The SMILES string of the molecule is O=c1cccc[nH]1.S.[Cu]. The molecule has 0 spiro atoms. The summed E-state index contributed by atoms with van der Waals surface area (Å²) in [6, 6.07) is 4.93. The van der Waals surface area contributed by atoms with E-state index >= 15 is 0 Å². The molecule has 9 heavy (non-hydrogen) atoms. The van der Waals surface area contributed by atoms with Gasteiger partial charge in [0.1, 0.15) is 0 Å². The van der Waals surface area contributed by atoms with Crippen LogP contribution in [-0.2, 0) is 17.1 Å². The molecule has 0 aliphatic rings. The molecule has 0 fully saturated rings. The van der Waals surface area contributed by atoms with E-state index in [1.807, 2.05) is 0 Å². The van der Waals surface area contributed by atoms with Gasteiger partial charge in [-0.1, -0.05) is 6.07 Å². The number of aromatic nitrogens is 1. The number of H-pyrrole nitrogens is 1. The fourth-order valence-electron chi connectivity index (χ4n) is 0.377. The van der Waals surface area contributed by atoms with Gasteiger partial charge in [0.2, 0.25) is 5.56 Å². The Hall–Kier alpha value is -0.181.